The molecule has 260 valence electrons. The van der Waals surface area contributed by atoms with Crippen LogP contribution in [0.25, 0.3) is 0 Å². The Labute approximate surface area is 288 Å². The predicted molar refractivity (Wildman–Crippen MR) is 195 cm³/mol. The second-order valence-electron chi connectivity index (χ2n) is 12.6. The van der Waals surface area contributed by atoms with Crippen molar-refractivity contribution in [3.8, 4) is 5.75 Å². The van der Waals surface area contributed by atoms with Crippen molar-refractivity contribution < 1.29 is 29.5 Å². The Morgan fingerprint density at radius 2 is 0.896 bits per heavy atom. The molecule has 0 aliphatic carbocycles. The van der Waals surface area contributed by atoms with E-state index in [1.807, 2.05) is 19.9 Å². The van der Waals surface area contributed by atoms with Gasteiger partial charge in [-0.05, 0) is 106 Å². The van der Waals surface area contributed by atoms with Gasteiger partial charge in [0.2, 0.25) is 0 Å². The van der Waals surface area contributed by atoms with Crippen molar-refractivity contribution in [1.82, 2.24) is 0 Å². The molecule has 48 heavy (non-hydrogen) atoms. The molecule has 6 nitrogen and oxygen atoms in total. The number of aromatic hydroxyl groups is 1. The highest BCUT2D eigenvalue weighted by Crippen LogP contribution is 2.29. The number of aliphatic hydroxyl groups is 2. The average molecular weight is 657 g/mol. The van der Waals surface area contributed by atoms with E-state index in [1.54, 1.807) is 13.8 Å². The van der Waals surface area contributed by atoms with Crippen LogP contribution in [0.4, 0.5) is 0 Å². The fraction of sp³-hybridized carbons (Fsp3) is 0.429. The van der Waals surface area contributed by atoms with Crippen LogP contribution in [-0.4, -0.2) is 66.2 Å². The summed E-state index contributed by atoms with van der Waals surface area (Å²) in [5.74, 6) is 0.433. The van der Waals surface area contributed by atoms with Gasteiger partial charge < -0.3 is 29.5 Å². The summed E-state index contributed by atoms with van der Waals surface area (Å²) in [5.41, 5.74) is 7.82. The van der Waals surface area contributed by atoms with E-state index in [9.17, 15) is 5.11 Å². The lowest BCUT2D eigenvalue weighted by Crippen LogP contribution is -2.27. The standard InChI is InChI=1S/C30H30O.C12H26O5/c31-30-23-20-27(19-16-24-10-4-1-5-11-24)28(21-17-25-12-6-2-7-13-25)29(30)22-18-26-14-8-3-9-15-26;1-9(14)6-15-11(3)8-17-12(4)7-16-10(2)5-13/h1-15,20,23,31H,16-19,21-22H2;9-14H,5-8H2,1-4H3. The summed E-state index contributed by atoms with van der Waals surface area (Å²) >= 11 is 0. The van der Waals surface area contributed by atoms with Gasteiger partial charge in [0.25, 0.3) is 0 Å². The summed E-state index contributed by atoms with van der Waals surface area (Å²) in [6.45, 7) is 8.53. The molecule has 0 saturated heterocycles. The molecule has 3 N–H and O–H groups in total. The minimum Gasteiger partial charge on any atom is -0.508 e. The van der Waals surface area contributed by atoms with Crippen LogP contribution in [0.1, 0.15) is 61.1 Å². The summed E-state index contributed by atoms with van der Waals surface area (Å²) in [6, 6.07) is 35.9. The molecule has 0 radical (unpaired) electrons. The number of hydrogen-bond donors (Lipinski definition) is 3. The van der Waals surface area contributed by atoms with Gasteiger partial charge in [-0.2, -0.15) is 0 Å². The molecule has 0 fully saturated rings. The van der Waals surface area contributed by atoms with Gasteiger partial charge in [-0.3, -0.25) is 0 Å². The topological polar surface area (TPSA) is 88.4 Å². The smallest absolute Gasteiger partial charge is 0.119 e. The minimum absolute atomic E-state index is 0.0145. The van der Waals surface area contributed by atoms with E-state index < -0.39 is 6.10 Å². The third-order valence-electron chi connectivity index (χ3n) is 8.15. The maximum Gasteiger partial charge on any atom is 0.119 e. The van der Waals surface area contributed by atoms with Crippen molar-refractivity contribution in [2.45, 2.75) is 90.6 Å². The molecule has 4 atom stereocenters. The largest absolute Gasteiger partial charge is 0.508 e. The van der Waals surface area contributed by atoms with Gasteiger partial charge in [-0.1, -0.05) is 97.1 Å². The summed E-state index contributed by atoms with van der Waals surface area (Å²) in [6.07, 6.45) is 5.04. The number of ether oxygens (including phenoxy) is 3. The quantitative estimate of drug-likeness (QED) is 0.0981. The van der Waals surface area contributed by atoms with E-state index in [0.29, 0.717) is 25.6 Å². The van der Waals surface area contributed by atoms with E-state index in [4.69, 9.17) is 24.4 Å². The Morgan fingerprint density at radius 3 is 1.35 bits per heavy atom. The van der Waals surface area contributed by atoms with E-state index >= 15 is 0 Å². The molecule has 4 aromatic rings. The first-order valence-corrected chi connectivity index (χ1v) is 17.3. The van der Waals surface area contributed by atoms with Crippen LogP contribution in [-0.2, 0) is 52.7 Å². The van der Waals surface area contributed by atoms with Crippen LogP contribution in [0.5, 0.6) is 5.75 Å². The van der Waals surface area contributed by atoms with Crippen LogP contribution in [0.3, 0.4) is 0 Å². The molecule has 6 heteroatoms. The number of rotatable bonds is 19. The van der Waals surface area contributed by atoms with Crippen LogP contribution in [0, 0.1) is 0 Å². The first-order valence-electron chi connectivity index (χ1n) is 17.3. The summed E-state index contributed by atoms with van der Waals surface area (Å²) in [4.78, 5) is 0. The highest BCUT2D eigenvalue weighted by Gasteiger charge is 2.14. The number of aryl methyl sites for hydroxylation is 4. The monoisotopic (exact) mass is 656 g/mol. The lowest BCUT2D eigenvalue weighted by Gasteiger charge is -2.19. The Bertz CT molecular complexity index is 1390. The molecule has 0 spiro atoms. The molecule has 4 aromatic carbocycles. The molecule has 0 heterocycles. The second kappa shape index (κ2) is 22.2. The maximum absolute atomic E-state index is 10.8. The zero-order chi connectivity index (χ0) is 34.6. The molecule has 4 rings (SSSR count). The Balaban J connectivity index is 0.000000315. The summed E-state index contributed by atoms with van der Waals surface area (Å²) < 4.78 is 16.2. The molecule has 0 aromatic heterocycles. The first-order chi connectivity index (χ1) is 23.2. The lowest BCUT2D eigenvalue weighted by atomic mass is 9.88. The van der Waals surface area contributed by atoms with Crippen LogP contribution >= 0.6 is 0 Å². The normalized spacial score (nSPS) is 13.6. The molecule has 0 bridgehead atoms. The van der Waals surface area contributed by atoms with Crippen LogP contribution < -0.4 is 0 Å². The number of benzene rings is 4. The fourth-order valence-electron chi connectivity index (χ4n) is 5.36. The Kier molecular flexibility index (Phi) is 18.0. The number of phenols is 1. The van der Waals surface area contributed by atoms with Crippen molar-refractivity contribution in [3.05, 3.63) is 137 Å². The van der Waals surface area contributed by atoms with Crippen molar-refractivity contribution in [2.24, 2.45) is 0 Å². The molecule has 0 amide bonds. The fourth-order valence-corrected chi connectivity index (χ4v) is 5.36. The van der Waals surface area contributed by atoms with Crippen molar-refractivity contribution in [1.29, 1.82) is 0 Å². The predicted octanol–water partition coefficient (Wildman–Crippen LogP) is 7.32. The molecule has 4 unspecified atom stereocenters. The first kappa shape index (κ1) is 38.9. The van der Waals surface area contributed by atoms with E-state index in [0.717, 1.165) is 44.1 Å². The van der Waals surface area contributed by atoms with Gasteiger partial charge >= 0.3 is 0 Å². The van der Waals surface area contributed by atoms with E-state index in [1.165, 1.54) is 27.8 Å². The Morgan fingerprint density at radius 1 is 0.479 bits per heavy atom. The lowest BCUT2D eigenvalue weighted by molar-refractivity contribution is -0.0825. The van der Waals surface area contributed by atoms with Gasteiger partial charge in [0.05, 0.1) is 50.8 Å². The Hall–Kier alpha value is -3.52. The number of phenolic OH excluding ortho intramolecular Hbond substituents is 1. The van der Waals surface area contributed by atoms with Crippen molar-refractivity contribution in [2.75, 3.05) is 26.4 Å². The van der Waals surface area contributed by atoms with Crippen molar-refractivity contribution >= 4 is 0 Å². The highest BCUT2D eigenvalue weighted by molar-refractivity contribution is 5.46. The molecular formula is C42H56O6. The summed E-state index contributed by atoms with van der Waals surface area (Å²) in [5, 5.41) is 28.6. The molecule has 0 aliphatic rings. The number of aliphatic hydroxyl groups excluding tert-OH is 2. The number of hydrogen-bond acceptors (Lipinski definition) is 6. The molecule has 0 aliphatic heterocycles. The SMILES string of the molecule is CC(O)COC(C)COC(C)COC(C)CO.Oc1ccc(CCc2ccccc2)c(CCc2ccccc2)c1CCc1ccccc1. The third-order valence-corrected chi connectivity index (χ3v) is 8.15. The zero-order valence-electron chi connectivity index (χ0n) is 29.3. The van der Waals surface area contributed by atoms with Crippen LogP contribution in [0.2, 0.25) is 0 Å². The highest BCUT2D eigenvalue weighted by atomic mass is 16.6. The van der Waals surface area contributed by atoms with Gasteiger partial charge in [0.15, 0.2) is 0 Å². The minimum atomic E-state index is -0.455. The molecule has 0 saturated carbocycles. The average Bonchev–Trinajstić information content (AvgIpc) is 3.11. The second-order valence-corrected chi connectivity index (χ2v) is 12.6. The van der Waals surface area contributed by atoms with Gasteiger partial charge in [0.1, 0.15) is 5.75 Å². The summed E-state index contributed by atoms with van der Waals surface area (Å²) in [7, 11) is 0. The van der Waals surface area contributed by atoms with Gasteiger partial charge in [-0.15, -0.1) is 0 Å². The van der Waals surface area contributed by atoms with E-state index in [2.05, 4.69) is 97.1 Å². The molecular weight excluding hydrogens is 600 g/mol. The third kappa shape index (κ3) is 15.1. The zero-order valence-corrected chi connectivity index (χ0v) is 29.3. The van der Waals surface area contributed by atoms with Gasteiger partial charge in [-0.25, -0.2) is 0 Å². The van der Waals surface area contributed by atoms with E-state index in [-0.39, 0.29) is 24.9 Å². The van der Waals surface area contributed by atoms with Crippen LogP contribution in [0.15, 0.2) is 103 Å². The van der Waals surface area contributed by atoms with Gasteiger partial charge in [0, 0.05) is 0 Å². The van der Waals surface area contributed by atoms with Crippen molar-refractivity contribution in [3.63, 3.8) is 0 Å². The maximum atomic E-state index is 10.8.